The normalized spacial score (nSPS) is 12.3. The SMILES string of the molecule is CC(C)n1c2ccccc2c2ccc(-c3cccc4c5ccccc5n(C(C)C)c34)cc21. The first-order valence-corrected chi connectivity index (χ1v) is 11.6. The van der Waals surface area contributed by atoms with Crippen molar-refractivity contribution in [2.75, 3.05) is 0 Å². The second-order valence-corrected chi connectivity index (χ2v) is 9.40. The highest BCUT2D eigenvalue weighted by atomic mass is 15.0. The van der Waals surface area contributed by atoms with Crippen molar-refractivity contribution >= 4 is 43.6 Å². The van der Waals surface area contributed by atoms with Gasteiger partial charge in [0.1, 0.15) is 0 Å². The smallest absolute Gasteiger partial charge is 0.0573 e. The summed E-state index contributed by atoms with van der Waals surface area (Å²) in [6.07, 6.45) is 0. The molecule has 0 atom stereocenters. The van der Waals surface area contributed by atoms with Crippen molar-refractivity contribution in [2.24, 2.45) is 0 Å². The van der Waals surface area contributed by atoms with Crippen molar-refractivity contribution in [2.45, 2.75) is 39.8 Å². The van der Waals surface area contributed by atoms with Crippen LogP contribution in [0.25, 0.3) is 54.7 Å². The molecule has 0 aliphatic rings. The molecule has 6 rings (SSSR count). The van der Waals surface area contributed by atoms with Gasteiger partial charge in [0, 0.05) is 55.7 Å². The van der Waals surface area contributed by atoms with E-state index in [9.17, 15) is 0 Å². The van der Waals surface area contributed by atoms with Crippen LogP contribution in [0.15, 0.2) is 84.9 Å². The Balaban J connectivity index is 1.72. The minimum absolute atomic E-state index is 0.379. The third-order valence-electron chi connectivity index (χ3n) is 6.79. The fourth-order valence-electron chi connectivity index (χ4n) is 5.55. The average molecular weight is 417 g/mol. The molecular weight excluding hydrogens is 388 g/mol. The zero-order valence-corrected chi connectivity index (χ0v) is 19.1. The van der Waals surface area contributed by atoms with Gasteiger partial charge in [-0.1, -0.05) is 66.7 Å². The molecule has 0 aliphatic carbocycles. The van der Waals surface area contributed by atoms with Gasteiger partial charge in [0.05, 0.1) is 5.52 Å². The van der Waals surface area contributed by atoms with Gasteiger partial charge in [-0.25, -0.2) is 0 Å². The van der Waals surface area contributed by atoms with E-state index in [2.05, 4.69) is 122 Å². The highest BCUT2D eigenvalue weighted by Crippen LogP contribution is 2.40. The Morgan fingerprint density at radius 2 is 1.06 bits per heavy atom. The number of hydrogen-bond acceptors (Lipinski definition) is 0. The molecule has 0 saturated heterocycles. The molecule has 0 radical (unpaired) electrons. The van der Waals surface area contributed by atoms with Gasteiger partial charge in [-0.2, -0.15) is 0 Å². The Morgan fingerprint density at radius 1 is 0.500 bits per heavy atom. The summed E-state index contributed by atoms with van der Waals surface area (Å²) in [7, 11) is 0. The van der Waals surface area contributed by atoms with Crippen molar-refractivity contribution in [3.05, 3.63) is 84.9 Å². The lowest BCUT2D eigenvalue weighted by molar-refractivity contribution is 0.642. The first-order valence-electron chi connectivity index (χ1n) is 11.6. The van der Waals surface area contributed by atoms with E-state index in [0.717, 1.165) is 0 Å². The predicted octanol–water partition coefficient (Wildman–Crippen LogP) is 8.73. The second kappa shape index (κ2) is 7.00. The lowest BCUT2D eigenvalue weighted by Gasteiger charge is -2.15. The second-order valence-electron chi connectivity index (χ2n) is 9.40. The lowest BCUT2D eigenvalue weighted by Crippen LogP contribution is -2.01. The lowest BCUT2D eigenvalue weighted by atomic mass is 10.00. The summed E-state index contributed by atoms with van der Waals surface area (Å²) in [5.41, 5.74) is 7.83. The van der Waals surface area contributed by atoms with Crippen molar-refractivity contribution in [1.29, 1.82) is 0 Å². The molecule has 0 bridgehead atoms. The Morgan fingerprint density at radius 3 is 1.75 bits per heavy atom. The summed E-state index contributed by atoms with van der Waals surface area (Å²) < 4.78 is 4.98. The van der Waals surface area contributed by atoms with Crippen LogP contribution in [-0.2, 0) is 0 Å². The number of aromatic nitrogens is 2. The van der Waals surface area contributed by atoms with Crippen LogP contribution in [0.2, 0.25) is 0 Å². The van der Waals surface area contributed by atoms with Crippen LogP contribution in [0.5, 0.6) is 0 Å². The van der Waals surface area contributed by atoms with Crippen LogP contribution in [0.1, 0.15) is 39.8 Å². The van der Waals surface area contributed by atoms with Crippen LogP contribution < -0.4 is 0 Å². The summed E-state index contributed by atoms with van der Waals surface area (Å²) in [6.45, 7) is 9.11. The topological polar surface area (TPSA) is 9.86 Å². The number of hydrogen-bond donors (Lipinski definition) is 0. The third kappa shape index (κ3) is 2.59. The quantitative estimate of drug-likeness (QED) is 0.273. The fraction of sp³-hybridized carbons (Fsp3) is 0.200. The van der Waals surface area contributed by atoms with Gasteiger partial charge >= 0.3 is 0 Å². The molecule has 32 heavy (non-hydrogen) atoms. The van der Waals surface area contributed by atoms with Crippen LogP contribution in [-0.4, -0.2) is 9.13 Å². The number of benzene rings is 4. The van der Waals surface area contributed by atoms with E-state index in [1.165, 1.54) is 54.7 Å². The van der Waals surface area contributed by atoms with Gasteiger partial charge in [0.25, 0.3) is 0 Å². The zero-order valence-electron chi connectivity index (χ0n) is 19.1. The molecular formula is C30H28N2. The minimum atomic E-state index is 0.379. The van der Waals surface area contributed by atoms with Gasteiger partial charge in [0.2, 0.25) is 0 Å². The van der Waals surface area contributed by atoms with Crippen molar-refractivity contribution in [3.8, 4) is 11.1 Å². The van der Waals surface area contributed by atoms with E-state index in [1.807, 2.05) is 0 Å². The van der Waals surface area contributed by atoms with Crippen LogP contribution in [0.4, 0.5) is 0 Å². The van der Waals surface area contributed by atoms with Gasteiger partial charge in [-0.3, -0.25) is 0 Å². The molecule has 6 aromatic rings. The van der Waals surface area contributed by atoms with E-state index in [1.54, 1.807) is 0 Å². The third-order valence-corrected chi connectivity index (χ3v) is 6.79. The van der Waals surface area contributed by atoms with Gasteiger partial charge in [-0.15, -0.1) is 0 Å². The Kier molecular flexibility index (Phi) is 4.19. The zero-order chi connectivity index (χ0) is 22.0. The molecule has 158 valence electrons. The molecule has 0 fully saturated rings. The van der Waals surface area contributed by atoms with Crippen LogP contribution in [0, 0.1) is 0 Å². The first kappa shape index (κ1) is 19.2. The molecule has 2 heteroatoms. The number of rotatable bonds is 3. The van der Waals surface area contributed by atoms with Gasteiger partial charge in [0.15, 0.2) is 0 Å². The molecule has 0 N–H and O–H groups in total. The maximum Gasteiger partial charge on any atom is 0.0573 e. The fourth-order valence-corrected chi connectivity index (χ4v) is 5.55. The van der Waals surface area contributed by atoms with Crippen molar-refractivity contribution < 1.29 is 0 Å². The minimum Gasteiger partial charge on any atom is -0.338 e. The summed E-state index contributed by atoms with van der Waals surface area (Å²) in [4.78, 5) is 0. The molecule has 0 unspecified atom stereocenters. The highest BCUT2D eigenvalue weighted by molar-refractivity contribution is 6.14. The molecule has 4 aromatic carbocycles. The highest BCUT2D eigenvalue weighted by Gasteiger charge is 2.18. The number of fused-ring (bicyclic) bond motifs is 6. The Bertz CT molecular complexity index is 1630. The van der Waals surface area contributed by atoms with E-state index in [4.69, 9.17) is 0 Å². The maximum absolute atomic E-state index is 2.50. The summed E-state index contributed by atoms with van der Waals surface area (Å²) in [5.74, 6) is 0. The molecule has 2 nitrogen and oxygen atoms in total. The van der Waals surface area contributed by atoms with E-state index in [0.29, 0.717) is 12.1 Å². The Labute approximate surface area is 188 Å². The molecule has 0 aliphatic heterocycles. The van der Waals surface area contributed by atoms with Gasteiger partial charge < -0.3 is 9.13 Å². The first-order chi connectivity index (χ1) is 15.6. The molecule has 2 aromatic heterocycles. The summed E-state index contributed by atoms with van der Waals surface area (Å²) >= 11 is 0. The average Bonchev–Trinajstić information content (AvgIpc) is 3.31. The van der Waals surface area contributed by atoms with E-state index < -0.39 is 0 Å². The predicted molar refractivity (Wildman–Crippen MR) is 139 cm³/mol. The van der Waals surface area contributed by atoms with Crippen molar-refractivity contribution in [1.82, 2.24) is 9.13 Å². The molecule has 0 amide bonds. The summed E-state index contributed by atoms with van der Waals surface area (Å²) in [6, 6.07) is 32.1. The molecule has 0 spiro atoms. The number of para-hydroxylation sites is 3. The monoisotopic (exact) mass is 416 g/mol. The van der Waals surface area contributed by atoms with Crippen LogP contribution >= 0.6 is 0 Å². The van der Waals surface area contributed by atoms with E-state index in [-0.39, 0.29) is 0 Å². The number of nitrogens with zero attached hydrogens (tertiary/aromatic N) is 2. The molecule has 0 saturated carbocycles. The standard InChI is InChI=1S/C30H28N2/c1-19(2)31-27-14-7-5-10-23(27)25-17-16-21(18-29(25)31)22-12-9-13-26-24-11-6-8-15-28(24)32(20(3)4)30(22)26/h5-20H,1-4H3. The van der Waals surface area contributed by atoms with Gasteiger partial charge in [-0.05, 0) is 51.5 Å². The van der Waals surface area contributed by atoms with Crippen molar-refractivity contribution in [3.63, 3.8) is 0 Å². The molecule has 2 heterocycles. The van der Waals surface area contributed by atoms with Crippen LogP contribution in [0.3, 0.4) is 0 Å². The van der Waals surface area contributed by atoms with E-state index >= 15 is 0 Å². The largest absolute Gasteiger partial charge is 0.338 e. The Hall–Kier alpha value is -3.52. The maximum atomic E-state index is 2.50. The summed E-state index contributed by atoms with van der Waals surface area (Å²) in [5, 5.41) is 5.32.